The lowest BCUT2D eigenvalue weighted by Gasteiger charge is -2.21. The van der Waals surface area contributed by atoms with Crippen molar-refractivity contribution in [2.75, 3.05) is 0 Å². The van der Waals surface area contributed by atoms with Crippen molar-refractivity contribution in [3.05, 3.63) is 114 Å². The third-order valence-electron chi connectivity index (χ3n) is 4.35. The molecule has 0 saturated heterocycles. The minimum Gasteiger partial charge on any atom is -0.0995 e. The molecule has 0 saturated carbocycles. The maximum atomic E-state index is 4.33. The van der Waals surface area contributed by atoms with Gasteiger partial charge in [-0.15, -0.1) is 0 Å². The molecule has 0 aromatic heterocycles. The molecule has 25 heavy (non-hydrogen) atoms. The third kappa shape index (κ3) is 6.08. The zero-order valence-corrected chi connectivity index (χ0v) is 15.2. The van der Waals surface area contributed by atoms with Gasteiger partial charge in [-0.3, -0.25) is 0 Å². The Hall–Kier alpha value is -2.60. The lowest BCUT2D eigenvalue weighted by molar-refractivity contribution is 0.808. The van der Waals surface area contributed by atoms with Crippen molar-refractivity contribution < 1.29 is 0 Å². The Morgan fingerprint density at radius 3 is 2.08 bits per heavy atom. The molecule has 0 amide bonds. The number of benzene rings is 2. The van der Waals surface area contributed by atoms with Crippen molar-refractivity contribution in [2.45, 2.75) is 32.1 Å². The van der Waals surface area contributed by atoms with Gasteiger partial charge in [0.25, 0.3) is 0 Å². The molecule has 0 heterocycles. The number of hydrogen-bond acceptors (Lipinski definition) is 0. The minimum absolute atomic E-state index is 0.230. The van der Waals surface area contributed by atoms with Crippen LogP contribution in [0.3, 0.4) is 0 Å². The van der Waals surface area contributed by atoms with Crippen molar-refractivity contribution in [1.29, 1.82) is 0 Å². The smallest absolute Gasteiger partial charge is 0.0249 e. The molecular formula is C25H28. The molecule has 2 aromatic rings. The third-order valence-corrected chi connectivity index (χ3v) is 4.35. The van der Waals surface area contributed by atoms with Gasteiger partial charge in [0, 0.05) is 5.92 Å². The van der Waals surface area contributed by atoms with Gasteiger partial charge < -0.3 is 0 Å². The fraction of sp³-hybridized carbons (Fsp3) is 0.200. The van der Waals surface area contributed by atoms with Gasteiger partial charge in [0.15, 0.2) is 0 Å². The second kappa shape index (κ2) is 9.64. The summed E-state index contributed by atoms with van der Waals surface area (Å²) in [5.74, 6) is 0.230. The Bertz CT molecular complexity index is 732. The highest BCUT2D eigenvalue weighted by molar-refractivity contribution is 5.49. The zero-order chi connectivity index (χ0) is 18.1. The molecule has 2 aromatic carbocycles. The molecule has 1 atom stereocenters. The van der Waals surface area contributed by atoms with E-state index >= 15 is 0 Å². The second-order valence-corrected chi connectivity index (χ2v) is 6.62. The molecule has 128 valence electrons. The van der Waals surface area contributed by atoms with E-state index in [2.05, 4.69) is 87.3 Å². The quantitative estimate of drug-likeness (QED) is 0.422. The Labute approximate surface area is 152 Å². The lowest BCUT2D eigenvalue weighted by atomic mass is 9.84. The highest BCUT2D eigenvalue weighted by Gasteiger charge is 2.15. The van der Waals surface area contributed by atoms with Crippen molar-refractivity contribution in [2.24, 2.45) is 0 Å². The summed E-state index contributed by atoms with van der Waals surface area (Å²) >= 11 is 0. The van der Waals surface area contributed by atoms with E-state index < -0.39 is 0 Å². The zero-order valence-electron chi connectivity index (χ0n) is 15.2. The van der Waals surface area contributed by atoms with E-state index in [9.17, 15) is 0 Å². The summed E-state index contributed by atoms with van der Waals surface area (Å²) in [6.07, 6.45) is 7.17. The Morgan fingerprint density at radius 2 is 1.48 bits per heavy atom. The molecule has 0 aliphatic heterocycles. The fourth-order valence-corrected chi connectivity index (χ4v) is 3.02. The second-order valence-electron chi connectivity index (χ2n) is 6.62. The summed E-state index contributed by atoms with van der Waals surface area (Å²) in [5, 5.41) is 0. The predicted molar refractivity (Wildman–Crippen MR) is 112 cm³/mol. The van der Waals surface area contributed by atoms with Crippen LogP contribution in [0.15, 0.2) is 103 Å². The standard InChI is InChI=1S/C25H28/c1-20(2)25(24-16-9-6-10-17-24)22(4)19-18-21(3)12-11-15-23-13-7-5-8-14-23/h5-11,13-17,25H,1,3-4,12,18-19H2,2H3. The number of allylic oxidation sites excluding steroid dienone is 4. The van der Waals surface area contributed by atoms with Crippen molar-refractivity contribution in [3.8, 4) is 0 Å². The SMILES string of the molecule is C=C(CC=Cc1ccccc1)CCC(=C)C(C(=C)C)c1ccccc1. The van der Waals surface area contributed by atoms with E-state index in [1.54, 1.807) is 0 Å². The average Bonchev–Trinajstić information content (AvgIpc) is 2.62. The monoisotopic (exact) mass is 328 g/mol. The topological polar surface area (TPSA) is 0 Å². The molecule has 0 aliphatic carbocycles. The largest absolute Gasteiger partial charge is 0.0995 e. The van der Waals surface area contributed by atoms with Gasteiger partial charge in [-0.25, -0.2) is 0 Å². The Kier molecular flexibility index (Phi) is 7.22. The molecular weight excluding hydrogens is 300 g/mol. The normalized spacial score (nSPS) is 12.0. The Balaban J connectivity index is 1.86. The number of hydrogen-bond donors (Lipinski definition) is 0. The summed E-state index contributed by atoms with van der Waals surface area (Å²) < 4.78 is 0. The highest BCUT2D eigenvalue weighted by atomic mass is 14.2. The summed E-state index contributed by atoms with van der Waals surface area (Å²) in [6.45, 7) is 14.8. The number of rotatable bonds is 9. The first-order chi connectivity index (χ1) is 12.1. The average molecular weight is 328 g/mol. The van der Waals surface area contributed by atoms with Crippen molar-refractivity contribution in [1.82, 2.24) is 0 Å². The summed E-state index contributed by atoms with van der Waals surface area (Å²) in [4.78, 5) is 0. The van der Waals surface area contributed by atoms with Crippen LogP contribution < -0.4 is 0 Å². The van der Waals surface area contributed by atoms with Gasteiger partial charge in [0.2, 0.25) is 0 Å². The summed E-state index contributed by atoms with van der Waals surface area (Å²) in [6, 6.07) is 20.9. The minimum atomic E-state index is 0.230. The van der Waals surface area contributed by atoms with Crippen LogP contribution >= 0.6 is 0 Å². The first kappa shape index (κ1) is 18.7. The molecule has 0 N–H and O–H groups in total. The van der Waals surface area contributed by atoms with E-state index in [4.69, 9.17) is 0 Å². The van der Waals surface area contributed by atoms with Gasteiger partial charge >= 0.3 is 0 Å². The predicted octanol–water partition coefficient (Wildman–Crippen LogP) is 7.34. The van der Waals surface area contributed by atoms with E-state index in [1.165, 1.54) is 22.3 Å². The van der Waals surface area contributed by atoms with E-state index in [-0.39, 0.29) is 5.92 Å². The van der Waals surface area contributed by atoms with Crippen LogP contribution in [0.2, 0.25) is 0 Å². The van der Waals surface area contributed by atoms with Gasteiger partial charge in [0.1, 0.15) is 0 Å². The molecule has 0 nitrogen and oxygen atoms in total. The van der Waals surface area contributed by atoms with Crippen LogP contribution in [-0.2, 0) is 0 Å². The summed E-state index contributed by atoms with van der Waals surface area (Å²) in [5.41, 5.74) is 6.10. The summed E-state index contributed by atoms with van der Waals surface area (Å²) in [7, 11) is 0. The maximum absolute atomic E-state index is 4.33. The molecule has 1 unspecified atom stereocenters. The fourth-order valence-electron chi connectivity index (χ4n) is 3.02. The molecule has 0 aliphatic rings. The molecule has 0 fully saturated rings. The van der Waals surface area contributed by atoms with E-state index in [1.807, 2.05) is 12.1 Å². The molecule has 0 spiro atoms. The first-order valence-corrected chi connectivity index (χ1v) is 8.84. The van der Waals surface area contributed by atoms with Crippen LogP contribution in [0.5, 0.6) is 0 Å². The first-order valence-electron chi connectivity index (χ1n) is 8.84. The van der Waals surface area contributed by atoms with E-state index in [0.29, 0.717) is 0 Å². The highest BCUT2D eigenvalue weighted by Crippen LogP contribution is 2.33. The lowest BCUT2D eigenvalue weighted by Crippen LogP contribution is -2.03. The van der Waals surface area contributed by atoms with E-state index in [0.717, 1.165) is 24.8 Å². The Morgan fingerprint density at radius 1 is 0.880 bits per heavy atom. The molecule has 0 bridgehead atoms. The van der Waals surface area contributed by atoms with Crippen LogP contribution in [0, 0.1) is 0 Å². The van der Waals surface area contributed by atoms with Crippen molar-refractivity contribution >= 4 is 6.08 Å². The molecule has 2 rings (SSSR count). The molecule has 0 heteroatoms. The van der Waals surface area contributed by atoms with Gasteiger partial charge in [-0.05, 0) is 37.3 Å². The van der Waals surface area contributed by atoms with Crippen LogP contribution in [0.1, 0.15) is 43.2 Å². The van der Waals surface area contributed by atoms with Crippen LogP contribution in [-0.4, -0.2) is 0 Å². The maximum Gasteiger partial charge on any atom is 0.0249 e. The van der Waals surface area contributed by atoms with Crippen molar-refractivity contribution in [3.63, 3.8) is 0 Å². The van der Waals surface area contributed by atoms with Crippen LogP contribution in [0.4, 0.5) is 0 Å². The van der Waals surface area contributed by atoms with Gasteiger partial charge in [0.05, 0.1) is 0 Å². The van der Waals surface area contributed by atoms with Gasteiger partial charge in [-0.2, -0.15) is 0 Å². The molecule has 0 radical (unpaired) electrons. The van der Waals surface area contributed by atoms with Gasteiger partial charge in [-0.1, -0.05) is 109 Å². The van der Waals surface area contributed by atoms with Crippen LogP contribution in [0.25, 0.3) is 6.08 Å².